The summed E-state index contributed by atoms with van der Waals surface area (Å²) in [5.74, 6) is 1.71. The number of benzene rings is 2. The summed E-state index contributed by atoms with van der Waals surface area (Å²) in [6, 6.07) is 11.4. The Balaban J connectivity index is 1.63. The van der Waals surface area contributed by atoms with E-state index in [0.29, 0.717) is 12.1 Å². The fourth-order valence-corrected chi connectivity index (χ4v) is 4.35. The highest BCUT2D eigenvalue weighted by molar-refractivity contribution is 5.61. The summed E-state index contributed by atoms with van der Waals surface area (Å²) in [5.41, 5.74) is 6.84. The van der Waals surface area contributed by atoms with Gasteiger partial charge in [0.1, 0.15) is 0 Å². The van der Waals surface area contributed by atoms with E-state index in [9.17, 15) is 0 Å². The molecule has 1 fully saturated rings. The summed E-state index contributed by atoms with van der Waals surface area (Å²) in [7, 11) is 1.72. The van der Waals surface area contributed by atoms with Crippen LogP contribution in [0, 0.1) is 13.8 Å². The Bertz CT molecular complexity index is 808. The molecular weight excluding hydrogens is 322 g/mol. The van der Waals surface area contributed by atoms with Gasteiger partial charge in [-0.25, -0.2) is 0 Å². The van der Waals surface area contributed by atoms with Crippen molar-refractivity contribution in [2.24, 2.45) is 0 Å². The average molecular weight is 351 g/mol. The van der Waals surface area contributed by atoms with E-state index in [1.165, 1.54) is 40.8 Å². The van der Waals surface area contributed by atoms with Crippen molar-refractivity contribution >= 4 is 5.69 Å². The SMILES string of the molecule is COc1ccc(N2Cc3cc(C)c(C)cc3C2C)cc1OC1CCCC1. The van der Waals surface area contributed by atoms with Crippen molar-refractivity contribution in [1.29, 1.82) is 0 Å². The number of anilines is 1. The van der Waals surface area contributed by atoms with Crippen molar-refractivity contribution in [3.05, 3.63) is 52.6 Å². The predicted molar refractivity (Wildman–Crippen MR) is 106 cm³/mol. The quantitative estimate of drug-likeness (QED) is 0.704. The molecule has 3 heteroatoms. The molecule has 2 aromatic rings. The van der Waals surface area contributed by atoms with Crippen LogP contribution in [0.3, 0.4) is 0 Å². The van der Waals surface area contributed by atoms with E-state index >= 15 is 0 Å². The van der Waals surface area contributed by atoms with E-state index < -0.39 is 0 Å². The van der Waals surface area contributed by atoms with E-state index in [0.717, 1.165) is 30.9 Å². The molecule has 1 aliphatic heterocycles. The van der Waals surface area contributed by atoms with Crippen LogP contribution in [-0.4, -0.2) is 13.2 Å². The topological polar surface area (TPSA) is 21.7 Å². The minimum atomic E-state index is 0.331. The maximum absolute atomic E-state index is 6.30. The highest BCUT2D eigenvalue weighted by Crippen LogP contribution is 2.42. The van der Waals surface area contributed by atoms with E-state index in [4.69, 9.17) is 9.47 Å². The third kappa shape index (κ3) is 3.04. The molecule has 0 spiro atoms. The first-order valence-corrected chi connectivity index (χ1v) is 9.78. The van der Waals surface area contributed by atoms with Crippen molar-refractivity contribution in [3.8, 4) is 11.5 Å². The summed E-state index contributed by atoms with van der Waals surface area (Å²) in [5, 5.41) is 0. The number of fused-ring (bicyclic) bond motifs is 1. The van der Waals surface area contributed by atoms with Crippen molar-refractivity contribution in [1.82, 2.24) is 0 Å². The molecule has 2 aromatic carbocycles. The molecule has 2 aliphatic rings. The number of ether oxygens (including phenoxy) is 2. The number of hydrogen-bond acceptors (Lipinski definition) is 3. The molecule has 1 unspecified atom stereocenters. The third-order valence-electron chi connectivity index (χ3n) is 6.09. The van der Waals surface area contributed by atoms with Gasteiger partial charge in [-0.05, 0) is 80.8 Å². The Morgan fingerprint density at radius 3 is 2.42 bits per heavy atom. The number of nitrogens with zero attached hydrogens (tertiary/aromatic N) is 1. The average Bonchev–Trinajstić information content (AvgIpc) is 3.24. The highest BCUT2D eigenvalue weighted by Gasteiger charge is 2.28. The lowest BCUT2D eigenvalue weighted by molar-refractivity contribution is 0.201. The van der Waals surface area contributed by atoms with Gasteiger partial charge < -0.3 is 14.4 Å². The van der Waals surface area contributed by atoms with Crippen LogP contribution >= 0.6 is 0 Å². The predicted octanol–water partition coefficient (Wildman–Crippen LogP) is 5.71. The summed E-state index contributed by atoms with van der Waals surface area (Å²) in [4.78, 5) is 2.46. The Morgan fingerprint density at radius 2 is 1.69 bits per heavy atom. The standard InChI is InChI=1S/C23H29NO2/c1-15-11-18-14-24(17(3)21(18)12-16(15)2)19-9-10-22(25-4)23(13-19)26-20-7-5-6-8-20/h9-13,17,20H,5-8,14H2,1-4H3. The summed E-state index contributed by atoms with van der Waals surface area (Å²) in [6.07, 6.45) is 5.17. The molecule has 26 heavy (non-hydrogen) atoms. The van der Waals surface area contributed by atoms with Crippen LogP contribution in [-0.2, 0) is 6.54 Å². The van der Waals surface area contributed by atoms with Crippen LogP contribution < -0.4 is 14.4 Å². The molecule has 4 rings (SSSR count). The Morgan fingerprint density at radius 1 is 0.962 bits per heavy atom. The van der Waals surface area contributed by atoms with Gasteiger partial charge in [-0.2, -0.15) is 0 Å². The lowest BCUT2D eigenvalue weighted by Crippen LogP contribution is -2.19. The van der Waals surface area contributed by atoms with Crippen LogP contribution in [0.2, 0.25) is 0 Å². The van der Waals surface area contributed by atoms with Crippen LogP contribution in [0.15, 0.2) is 30.3 Å². The van der Waals surface area contributed by atoms with E-state index in [1.54, 1.807) is 7.11 Å². The van der Waals surface area contributed by atoms with E-state index in [-0.39, 0.29) is 0 Å². The summed E-state index contributed by atoms with van der Waals surface area (Å²) in [6.45, 7) is 7.64. The first kappa shape index (κ1) is 17.3. The lowest BCUT2D eigenvalue weighted by Gasteiger charge is -2.26. The second-order valence-corrected chi connectivity index (χ2v) is 7.80. The Kier molecular flexibility index (Phi) is 4.56. The molecule has 0 saturated heterocycles. The largest absolute Gasteiger partial charge is 0.493 e. The van der Waals surface area contributed by atoms with Crippen LogP contribution in [0.4, 0.5) is 5.69 Å². The minimum Gasteiger partial charge on any atom is -0.493 e. The van der Waals surface area contributed by atoms with Gasteiger partial charge in [-0.1, -0.05) is 12.1 Å². The van der Waals surface area contributed by atoms with Crippen LogP contribution in [0.5, 0.6) is 11.5 Å². The van der Waals surface area contributed by atoms with Crippen molar-refractivity contribution in [2.75, 3.05) is 12.0 Å². The van der Waals surface area contributed by atoms with Gasteiger partial charge in [-0.3, -0.25) is 0 Å². The smallest absolute Gasteiger partial charge is 0.163 e. The summed E-state index contributed by atoms with van der Waals surface area (Å²) >= 11 is 0. The fourth-order valence-electron chi connectivity index (χ4n) is 4.35. The zero-order valence-electron chi connectivity index (χ0n) is 16.3. The van der Waals surface area contributed by atoms with Gasteiger partial charge in [0.05, 0.1) is 19.3 Å². The number of aryl methyl sites for hydroxylation is 2. The van der Waals surface area contributed by atoms with E-state index in [2.05, 4.69) is 49.9 Å². The van der Waals surface area contributed by atoms with Crippen molar-refractivity contribution in [3.63, 3.8) is 0 Å². The normalized spacial score (nSPS) is 19.7. The van der Waals surface area contributed by atoms with Gasteiger partial charge in [0.15, 0.2) is 11.5 Å². The first-order chi connectivity index (χ1) is 12.6. The molecular formula is C23H29NO2. The molecule has 1 aliphatic carbocycles. The van der Waals surface area contributed by atoms with Gasteiger partial charge in [0.25, 0.3) is 0 Å². The van der Waals surface area contributed by atoms with Gasteiger partial charge in [0, 0.05) is 18.3 Å². The third-order valence-corrected chi connectivity index (χ3v) is 6.09. The molecule has 0 radical (unpaired) electrons. The second-order valence-electron chi connectivity index (χ2n) is 7.80. The van der Waals surface area contributed by atoms with Crippen molar-refractivity contribution in [2.45, 2.75) is 65.1 Å². The second kappa shape index (κ2) is 6.86. The number of hydrogen-bond donors (Lipinski definition) is 0. The molecule has 1 saturated carbocycles. The van der Waals surface area contributed by atoms with Gasteiger partial charge >= 0.3 is 0 Å². The van der Waals surface area contributed by atoms with Gasteiger partial charge in [0.2, 0.25) is 0 Å². The van der Waals surface area contributed by atoms with Crippen molar-refractivity contribution < 1.29 is 9.47 Å². The van der Waals surface area contributed by atoms with Crippen LogP contribution in [0.25, 0.3) is 0 Å². The fraction of sp³-hybridized carbons (Fsp3) is 0.478. The maximum atomic E-state index is 6.30. The van der Waals surface area contributed by atoms with E-state index in [1.807, 2.05) is 6.07 Å². The molecule has 0 aromatic heterocycles. The maximum Gasteiger partial charge on any atom is 0.163 e. The Hall–Kier alpha value is -2.16. The lowest BCUT2D eigenvalue weighted by atomic mass is 9.99. The molecule has 138 valence electrons. The van der Waals surface area contributed by atoms with Crippen LogP contribution in [0.1, 0.15) is 60.9 Å². The monoisotopic (exact) mass is 351 g/mol. The molecule has 0 N–H and O–H groups in total. The first-order valence-electron chi connectivity index (χ1n) is 9.78. The Labute approximate surface area is 156 Å². The highest BCUT2D eigenvalue weighted by atomic mass is 16.5. The molecule has 1 heterocycles. The molecule has 1 atom stereocenters. The summed E-state index contributed by atoms with van der Waals surface area (Å²) < 4.78 is 11.8. The van der Waals surface area contributed by atoms with Gasteiger partial charge in [-0.15, -0.1) is 0 Å². The number of methoxy groups -OCH3 is 1. The molecule has 0 bridgehead atoms. The zero-order chi connectivity index (χ0) is 18.3. The molecule has 3 nitrogen and oxygen atoms in total. The minimum absolute atomic E-state index is 0.331. The molecule has 0 amide bonds. The zero-order valence-corrected chi connectivity index (χ0v) is 16.3. The number of rotatable bonds is 4.